The minimum absolute atomic E-state index is 0.408. The predicted octanol–water partition coefficient (Wildman–Crippen LogP) is 4.42. The number of nitrogens with two attached hydrogens (primary N) is 1. The highest BCUT2D eigenvalue weighted by Crippen LogP contribution is 2.27. The Labute approximate surface area is 173 Å². The van der Waals surface area contributed by atoms with Crippen molar-refractivity contribution < 1.29 is 22.7 Å². The van der Waals surface area contributed by atoms with Crippen LogP contribution in [0.1, 0.15) is 48.6 Å². The lowest BCUT2D eigenvalue weighted by molar-refractivity contribution is -0.0913. The van der Waals surface area contributed by atoms with Gasteiger partial charge >= 0.3 is 6.18 Å². The number of benzene rings is 1. The molecule has 1 heterocycles. The van der Waals surface area contributed by atoms with Gasteiger partial charge in [0.2, 0.25) is 5.91 Å². The van der Waals surface area contributed by atoms with Gasteiger partial charge in [-0.05, 0) is 45.4 Å². The van der Waals surface area contributed by atoms with Crippen molar-refractivity contribution in [1.29, 1.82) is 0 Å². The summed E-state index contributed by atoms with van der Waals surface area (Å²) in [5, 5.41) is 8.42. The van der Waals surface area contributed by atoms with Gasteiger partial charge in [-0.3, -0.25) is 4.79 Å². The molecule has 0 saturated carbocycles. The van der Waals surface area contributed by atoms with E-state index in [2.05, 4.69) is 10.2 Å². The molecule has 162 valence electrons. The lowest BCUT2D eigenvalue weighted by atomic mass is 10.0. The van der Waals surface area contributed by atoms with Crippen LogP contribution < -0.4 is 5.73 Å². The van der Waals surface area contributed by atoms with Gasteiger partial charge in [0.1, 0.15) is 6.10 Å². The number of aryl methyl sites for hydroxylation is 1. The first-order chi connectivity index (χ1) is 13.9. The highest BCUT2D eigenvalue weighted by atomic mass is 19.4. The zero-order valence-electron chi connectivity index (χ0n) is 17.5. The maximum atomic E-state index is 12.5. The van der Waals surface area contributed by atoms with E-state index in [0.29, 0.717) is 17.2 Å². The summed E-state index contributed by atoms with van der Waals surface area (Å²) >= 11 is 0. The van der Waals surface area contributed by atoms with Gasteiger partial charge in [0.25, 0.3) is 0 Å². The Hall–Kier alpha value is -2.94. The minimum Gasteiger partial charge on any atom is -0.366 e. The van der Waals surface area contributed by atoms with Crippen molar-refractivity contribution in [3.8, 4) is 11.4 Å². The Balaban J connectivity index is 2.15. The highest BCUT2D eigenvalue weighted by molar-refractivity contribution is 5.93. The fraction of sp³-hybridized carbons (Fsp3) is 0.381. The summed E-state index contributed by atoms with van der Waals surface area (Å²) in [6.45, 7) is 6.38. The van der Waals surface area contributed by atoms with Crippen LogP contribution in [-0.2, 0) is 11.8 Å². The van der Waals surface area contributed by atoms with Gasteiger partial charge in [-0.15, -0.1) is 10.2 Å². The molecule has 0 fully saturated rings. The van der Waals surface area contributed by atoms with Crippen molar-refractivity contribution in [3.63, 3.8) is 0 Å². The maximum absolute atomic E-state index is 12.5. The first-order valence-electron chi connectivity index (χ1n) is 9.29. The number of rotatable bonds is 7. The number of hydrogen-bond donors (Lipinski definition) is 1. The molecule has 0 aliphatic carbocycles. The van der Waals surface area contributed by atoms with Gasteiger partial charge in [-0.2, -0.15) is 13.2 Å². The Kier molecular flexibility index (Phi) is 7.20. The summed E-state index contributed by atoms with van der Waals surface area (Å²) in [6.07, 6.45) is -1.36. The summed E-state index contributed by atoms with van der Waals surface area (Å²) in [6, 6.07) is 5.08. The summed E-state index contributed by atoms with van der Waals surface area (Å²) in [4.78, 5) is 11.3. The lowest BCUT2D eigenvalue weighted by Crippen LogP contribution is -2.13. The summed E-state index contributed by atoms with van der Waals surface area (Å²) in [5.74, 6) is 0.652. The van der Waals surface area contributed by atoms with Crippen molar-refractivity contribution in [1.82, 2.24) is 14.8 Å². The van der Waals surface area contributed by atoms with Crippen LogP contribution in [0.15, 0.2) is 42.0 Å². The second-order valence-corrected chi connectivity index (χ2v) is 7.05. The molecular formula is C21H25F3N4O2. The van der Waals surface area contributed by atoms with E-state index in [1.165, 1.54) is 12.2 Å². The average Bonchev–Trinajstić information content (AvgIpc) is 3.02. The van der Waals surface area contributed by atoms with E-state index < -0.39 is 29.9 Å². The number of hydrogen-bond acceptors (Lipinski definition) is 4. The van der Waals surface area contributed by atoms with Gasteiger partial charge < -0.3 is 15.0 Å². The van der Waals surface area contributed by atoms with Crippen LogP contribution in [0.4, 0.5) is 13.2 Å². The number of aromatic nitrogens is 3. The van der Waals surface area contributed by atoms with E-state index in [1.807, 2.05) is 6.92 Å². The molecule has 0 aliphatic rings. The molecular weight excluding hydrogens is 397 g/mol. The third kappa shape index (κ3) is 5.56. The average molecular weight is 422 g/mol. The number of ether oxygens (including phenoxy) is 1. The van der Waals surface area contributed by atoms with Gasteiger partial charge in [0.15, 0.2) is 11.6 Å². The third-order valence-corrected chi connectivity index (χ3v) is 4.62. The lowest BCUT2D eigenvalue weighted by Gasteiger charge is -2.16. The van der Waals surface area contributed by atoms with Crippen LogP contribution in [-0.4, -0.2) is 33.0 Å². The Morgan fingerprint density at radius 2 is 1.93 bits per heavy atom. The number of halogens is 3. The molecule has 9 heteroatoms. The molecule has 2 N–H and O–H groups in total. The largest absolute Gasteiger partial charge is 0.412 e. The van der Waals surface area contributed by atoms with Gasteiger partial charge in [0, 0.05) is 23.7 Å². The third-order valence-electron chi connectivity index (χ3n) is 4.62. The van der Waals surface area contributed by atoms with Crippen molar-refractivity contribution >= 4 is 5.91 Å². The monoisotopic (exact) mass is 422 g/mol. The molecule has 0 aliphatic heterocycles. The zero-order valence-corrected chi connectivity index (χ0v) is 17.5. The highest BCUT2D eigenvalue weighted by Gasteiger charge is 2.29. The Morgan fingerprint density at radius 3 is 2.50 bits per heavy atom. The molecule has 0 radical (unpaired) electrons. The van der Waals surface area contributed by atoms with Crippen LogP contribution in [0.25, 0.3) is 11.4 Å². The molecule has 1 amide bonds. The van der Waals surface area contributed by atoms with Crippen LogP contribution in [0, 0.1) is 6.92 Å². The van der Waals surface area contributed by atoms with Crippen molar-refractivity contribution in [2.45, 2.75) is 46.1 Å². The topological polar surface area (TPSA) is 83.0 Å². The number of carbonyl (C=O) groups is 1. The Morgan fingerprint density at radius 1 is 1.27 bits per heavy atom. The quantitative estimate of drug-likeness (QED) is 0.670. The van der Waals surface area contributed by atoms with Crippen LogP contribution in [0.5, 0.6) is 0 Å². The van der Waals surface area contributed by atoms with Gasteiger partial charge in [0.05, 0.1) is 6.10 Å². The zero-order chi connectivity index (χ0) is 22.6. The summed E-state index contributed by atoms with van der Waals surface area (Å²) in [7, 11) is 1.79. The second kappa shape index (κ2) is 9.25. The standard InChI is InChI=1S/C21H25F3N4O2/c1-12-11-16(18(25)29)9-10-17(12)20-27-26-19(28(20)5)15(4)30-14(3)8-6-7-13(2)21(22,23)24/h6-11,14-15H,1-5H3,(H2,25,29)/b8-6+,13-7+. The molecule has 0 saturated heterocycles. The smallest absolute Gasteiger partial charge is 0.366 e. The molecule has 30 heavy (non-hydrogen) atoms. The predicted molar refractivity (Wildman–Crippen MR) is 108 cm³/mol. The van der Waals surface area contributed by atoms with Crippen LogP contribution in [0.3, 0.4) is 0 Å². The molecule has 2 aromatic rings. The first-order valence-corrected chi connectivity index (χ1v) is 9.29. The molecule has 1 aromatic heterocycles. The van der Waals surface area contributed by atoms with Crippen molar-refractivity contribution in [3.05, 3.63) is 59.0 Å². The molecule has 0 bridgehead atoms. The number of primary amides is 1. The second-order valence-electron chi connectivity index (χ2n) is 7.05. The summed E-state index contributed by atoms with van der Waals surface area (Å²) < 4.78 is 45.1. The first kappa shape index (κ1) is 23.3. The van der Waals surface area contributed by atoms with Gasteiger partial charge in [-0.1, -0.05) is 24.3 Å². The molecule has 2 unspecified atom stereocenters. The molecule has 0 spiro atoms. The number of alkyl halides is 3. The normalized spacial score (nSPS) is 14.9. The number of amides is 1. The molecule has 1 aromatic carbocycles. The van der Waals surface area contributed by atoms with E-state index in [1.54, 1.807) is 43.7 Å². The van der Waals surface area contributed by atoms with Crippen molar-refractivity contribution in [2.75, 3.05) is 0 Å². The fourth-order valence-corrected chi connectivity index (χ4v) is 2.88. The number of nitrogens with zero attached hydrogens (tertiary/aromatic N) is 3. The molecule has 2 atom stereocenters. The molecule has 2 rings (SSSR count). The van der Waals surface area contributed by atoms with Crippen LogP contribution in [0.2, 0.25) is 0 Å². The van der Waals surface area contributed by atoms with Crippen molar-refractivity contribution in [2.24, 2.45) is 12.8 Å². The van der Waals surface area contributed by atoms with E-state index in [9.17, 15) is 18.0 Å². The van der Waals surface area contributed by atoms with E-state index in [-0.39, 0.29) is 0 Å². The maximum Gasteiger partial charge on any atom is 0.412 e. The van der Waals surface area contributed by atoms with Crippen LogP contribution >= 0.6 is 0 Å². The van der Waals surface area contributed by atoms with E-state index in [0.717, 1.165) is 24.1 Å². The number of carbonyl (C=O) groups excluding carboxylic acids is 1. The molecule has 6 nitrogen and oxygen atoms in total. The fourth-order valence-electron chi connectivity index (χ4n) is 2.88. The number of allylic oxidation sites excluding steroid dienone is 3. The van der Waals surface area contributed by atoms with E-state index >= 15 is 0 Å². The minimum atomic E-state index is -4.34. The SMILES string of the molecule is C/C(=C\C=C\C(C)OC(C)c1nnc(-c2ccc(C(N)=O)cc2C)n1C)C(F)(F)F. The summed E-state index contributed by atoms with van der Waals surface area (Å²) in [5.41, 5.74) is 6.66. The van der Waals surface area contributed by atoms with E-state index in [4.69, 9.17) is 10.5 Å². The Bertz CT molecular complexity index is 977. The van der Waals surface area contributed by atoms with Gasteiger partial charge in [-0.25, -0.2) is 0 Å².